The summed E-state index contributed by atoms with van der Waals surface area (Å²) < 4.78 is 47.9. The molecule has 0 radical (unpaired) electrons. The Morgan fingerprint density at radius 2 is 1.56 bits per heavy atom. The van der Waals surface area contributed by atoms with Crippen LogP contribution in [0.2, 0.25) is 25.7 Å². The fourth-order valence-corrected chi connectivity index (χ4v) is 7.40. The van der Waals surface area contributed by atoms with Gasteiger partial charge in [-0.25, -0.2) is 9.36 Å². The second kappa shape index (κ2) is 19.4. The lowest BCUT2D eigenvalue weighted by Crippen LogP contribution is -2.35. The summed E-state index contributed by atoms with van der Waals surface area (Å²) in [5, 5.41) is 10.3. The number of phosphoric acid groups is 1. The largest absolute Gasteiger partial charge is 0.472 e. The molecule has 1 aromatic heterocycles. The molecule has 0 spiro atoms. The van der Waals surface area contributed by atoms with E-state index in [9.17, 15) is 28.5 Å². The van der Waals surface area contributed by atoms with E-state index in [1.54, 1.807) is 0 Å². The van der Waals surface area contributed by atoms with Crippen LogP contribution >= 0.6 is 7.82 Å². The van der Waals surface area contributed by atoms with Gasteiger partial charge in [0.2, 0.25) is 5.82 Å². The van der Waals surface area contributed by atoms with Crippen LogP contribution in [0.25, 0.3) is 0 Å². The molecule has 11 nitrogen and oxygen atoms in total. The lowest BCUT2D eigenvalue weighted by Gasteiger charge is -2.24. The van der Waals surface area contributed by atoms with Crippen molar-refractivity contribution in [1.82, 2.24) is 9.55 Å². The molecular weight excluding hydrogens is 598 g/mol. The summed E-state index contributed by atoms with van der Waals surface area (Å²) in [7, 11) is -5.35. The summed E-state index contributed by atoms with van der Waals surface area (Å²) in [4.78, 5) is 35.1. The fourth-order valence-electron chi connectivity index (χ4n) is 5.19. The number of H-pyrrole nitrogens is 1. The zero-order valence-electron chi connectivity index (χ0n) is 26.4. The number of hydrogen-bond donors (Lipinski definition) is 3. The summed E-state index contributed by atoms with van der Waals surface area (Å²) in [6.45, 7) is 9.28. The summed E-state index contributed by atoms with van der Waals surface area (Å²) in [6, 6.07) is 1.45. The third-order valence-electron chi connectivity index (χ3n) is 7.58. The van der Waals surface area contributed by atoms with Gasteiger partial charge in [-0.1, -0.05) is 96.3 Å². The summed E-state index contributed by atoms with van der Waals surface area (Å²) >= 11 is 0. The minimum Gasteiger partial charge on any atom is -0.390 e. The highest BCUT2D eigenvalue weighted by Crippen LogP contribution is 2.46. The Balaban J connectivity index is 1.47. The van der Waals surface area contributed by atoms with Gasteiger partial charge in [-0.05, 0) is 13.3 Å². The zero-order chi connectivity index (χ0) is 31.9. The average molecular weight is 653 g/mol. The maximum Gasteiger partial charge on any atom is 0.472 e. The molecule has 2 rings (SSSR count). The Morgan fingerprint density at radius 1 is 1.00 bits per heavy atom. The molecule has 1 aliphatic heterocycles. The fraction of sp³-hybridized carbons (Fsp3) is 0.862. The van der Waals surface area contributed by atoms with E-state index in [2.05, 4.69) is 19.6 Å². The van der Waals surface area contributed by atoms with Crippen molar-refractivity contribution in [3.63, 3.8) is 0 Å². The molecule has 0 aromatic carbocycles. The van der Waals surface area contributed by atoms with Gasteiger partial charge in [0.1, 0.15) is 12.3 Å². The number of phosphoric ester groups is 1. The Morgan fingerprint density at radius 3 is 2.14 bits per heavy atom. The maximum atomic E-state index is 13.6. The molecule has 1 aliphatic rings. The van der Waals surface area contributed by atoms with Crippen LogP contribution < -0.4 is 11.2 Å². The van der Waals surface area contributed by atoms with Crippen molar-refractivity contribution >= 4 is 15.9 Å². The molecule has 0 amide bonds. The van der Waals surface area contributed by atoms with Crippen molar-refractivity contribution in [2.24, 2.45) is 0 Å². The molecule has 0 bridgehead atoms. The van der Waals surface area contributed by atoms with E-state index >= 15 is 0 Å². The number of aromatic nitrogens is 2. The van der Waals surface area contributed by atoms with Crippen molar-refractivity contribution in [3.05, 3.63) is 32.9 Å². The molecule has 3 N–H and O–H groups in total. The molecule has 1 aromatic rings. The monoisotopic (exact) mass is 652 g/mol. The van der Waals surface area contributed by atoms with Gasteiger partial charge in [0.15, 0.2) is 0 Å². The molecule has 1 unspecified atom stereocenters. The maximum absolute atomic E-state index is 13.6. The van der Waals surface area contributed by atoms with Crippen LogP contribution in [0.15, 0.2) is 15.8 Å². The molecule has 1 fully saturated rings. The highest BCUT2D eigenvalue weighted by Gasteiger charge is 2.42. The van der Waals surface area contributed by atoms with Gasteiger partial charge in [-0.15, -0.1) is 0 Å². The number of unbranched alkanes of at least 4 members (excludes halogenated alkanes) is 11. The number of nitrogens with zero attached hydrogens (tertiary/aromatic N) is 1. The first-order valence-corrected chi connectivity index (χ1v) is 21.1. The SMILES string of the molecule is C[C@@H](OP(=O)(O)OCCOCCCCCCCCCCCCCC[Si](C)(C)C)[C@H]1O[C@@H](n2cc(F)c(=O)[nH]c2=O)C[C@@H]1O. The van der Waals surface area contributed by atoms with Gasteiger partial charge in [-0.2, -0.15) is 4.39 Å². The van der Waals surface area contributed by atoms with Crippen molar-refractivity contribution in [2.45, 2.75) is 141 Å². The van der Waals surface area contributed by atoms with Crippen LogP contribution in [0.5, 0.6) is 0 Å². The zero-order valence-corrected chi connectivity index (χ0v) is 28.3. The molecule has 2 heterocycles. The Hall–Kier alpha value is -1.18. The van der Waals surface area contributed by atoms with Crippen molar-refractivity contribution in [1.29, 1.82) is 0 Å². The van der Waals surface area contributed by atoms with Gasteiger partial charge in [0.05, 0.1) is 31.6 Å². The third-order valence-corrected chi connectivity index (χ3v) is 10.5. The molecule has 5 atom stereocenters. The standard InChI is InChI=1S/C29H54FN2O9PSi/c1-23(27-25(33)21-26(40-27)32-22-24(30)28(34)31-29(32)35)41-42(36,37)39-19-18-38-17-15-13-11-9-7-5-6-8-10-12-14-16-20-43(2,3)4/h22-23,25-27,33H,5-21H2,1-4H3,(H,36,37)(H,31,34,35)/t23-,25+,26-,27-/m1/s1. The number of aliphatic hydroxyl groups is 1. The second-order valence-corrected chi connectivity index (χ2v) is 19.8. The topological polar surface area (TPSA) is 149 Å². The Bertz CT molecular complexity index is 1100. The number of halogens is 1. The van der Waals surface area contributed by atoms with Gasteiger partial charge in [-0.3, -0.25) is 23.4 Å². The number of aliphatic hydroxyl groups excluding tert-OH is 1. The second-order valence-electron chi connectivity index (χ2n) is 12.8. The van der Waals surface area contributed by atoms with Gasteiger partial charge in [0, 0.05) is 21.1 Å². The molecule has 43 heavy (non-hydrogen) atoms. The average Bonchev–Trinajstić information content (AvgIpc) is 3.30. The Labute approximate surface area is 256 Å². The van der Waals surface area contributed by atoms with Crippen LogP contribution in [-0.4, -0.2) is 65.8 Å². The van der Waals surface area contributed by atoms with Crippen LogP contribution in [0.1, 0.15) is 96.6 Å². The predicted octanol–water partition coefficient (Wildman–Crippen LogP) is 5.88. The number of hydrogen-bond acceptors (Lipinski definition) is 8. The van der Waals surface area contributed by atoms with Crippen molar-refractivity contribution < 1.29 is 37.5 Å². The molecule has 1 saturated heterocycles. The van der Waals surface area contributed by atoms with Crippen LogP contribution in [0.3, 0.4) is 0 Å². The first-order chi connectivity index (χ1) is 20.3. The normalized spacial score (nSPS) is 21.2. The molecule has 14 heteroatoms. The number of aromatic amines is 1. The minimum atomic E-state index is -4.49. The van der Waals surface area contributed by atoms with E-state index in [1.807, 2.05) is 4.98 Å². The summed E-state index contributed by atoms with van der Waals surface area (Å²) in [5.74, 6) is -1.18. The number of nitrogens with one attached hydrogen (secondary N) is 1. The van der Waals surface area contributed by atoms with E-state index in [1.165, 1.54) is 77.2 Å². The highest BCUT2D eigenvalue weighted by atomic mass is 31.2. The predicted molar refractivity (Wildman–Crippen MR) is 167 cm³/mol. The highest BCUT2D eigenvalue weighted by molar-refractivity contribution is 7.47. The molecule has 250 valence electrons. The summed E-state index contributed by atoms with van der Waals surface area (Å²) in [5.41, 5.74) is -2.08. The van der Waals surface area contributed by atoms with E-state index in [4.69, 9.17) is 18.5 Å². The van der Waals surface area contributed by atoms with Gasteiger partial charge < -0.3 is 19.5 Å². The van der Waals surface area contributed by atoms with E-state index in [-0.39, 0.29) is 19.6 Å². The summed E-state index contributed by atoms with van der Waals surface area (Å²) in [6.07, 6.45) is 11.4. The lowest BCUT2D eigenvalue weighted by molar-refractivity contribution is -0.0773. The first-order valence-electron chi connectivity index (χ1n) is 15.9. The van der Waals surface area contributed by atoms with Crippen molar-refractivity contribution in [3.8, 4) is 0 Å². The number of ether oxygens (including phenoxy) is 2. The quantitative estimate of drug-likeness (QED) is 0.0748. The minimum absolute atomic E-state index is 0.118. The van der Waals surface area contributed by atoms with E-state index in [0.717, 1.165) is 17.4 Å². The van der Waals surface area contributed by atoms with Gasteiger partial charge >= 0.3 is 13.5 Å². The Kier molecular flexibility index (Phi) is 17.1. The number of rotatable bonds is 23. The van der Waals surface area contributed by atoms with Crippen LogP contribution in [-0.2, 0) is 23.1 Å². The lowest BCUT2D eigenvalue weighted by atomic mass is 10.1. The molecule has 0 aliphatic carbocycles. The molecular formula is C29H54FN2O9PSi. The van der Waals surface area contributed by atoms with E-state index in [0.29, 0.717) is 12.8 Å². The third kappa shape index (κ3) is 15.6. The van der Waals surface area contributed by atoms with E-state index < -0.39 is 57.5 Å². The smallest absolute Gasteiger partial charge is 0.390 e. The first kappa shape index (κ1) is 38.0. The van der Waals surface area contributed by atoms with Gasteiger partial charge in [0.25, 0.3) is 5.56 Å². The van der Waals surface area contributed by atoms with Crippen LogP contribution in [0, 0.1) is 5.82 Å². The van der Waals surface area contributed by atoms with Crippen molar-refractivity contribution in [2.75, 3.05) is 19.8 Å². The van der Waals surface area contributed by atoms with Crippen LogP contribution in [0.4, 0.5) is 4.39 Å². The molecule has 0 saturated carbocycles.